The number of thioether (sulfide) groups is 1. The van der Waals surface area contributed by atoms with Crippen LogP contribution < -0.4 is 5.32 Å². The monoisotopic (exact) mass is 581 g/mol. The van der Waals surface area contributed by atoms with Gasteiger partial charge in [-0.15, -0.1) is 0 Å². The number of ether oxygens (including phenoxy) is 1. The number of benzene rings is 4. The Bertz CT molecular complexity index is 1460. The third-order valence-corrected chi connectivity index (χ3v) is 7.97. The van der Waals surface area contributed by atoms with Crippen LogP contribution in [0, 0.1) is 6.92 Å². The quantitative estimate of drug-likeness (QED) is 0.144. The summed E-state index contributed by atoms with van der Waals surface area (Å²) in [5, 5.41) is 12.6. The van der Waals surface area contributed by atoms with Crippen molar-refractivity contribution in [1.82, 2.24) is 5.32 Å². The SMILES string of the molecule is CSCC[C@H](NC(=O)c1cc(Cc2ccccc2)c(COCCCc2ccccc2)cc1-c1ccccc1C)C(=O)O. The van der Waals surface area contributed by atoms with Crippen molar-refractivity contribution in [3.63, 3.8) is 0 Å². The Morgan fingerprint density at radius 2 is 1.52 bits per heavy atom. The molecule has 1 amide bonds. The van der Waals surface area contributed by atoms with Crippen molar-refractivity contribution in [2.45, 2.75) is 45.3 Å². The first-order valence-corrected chi connectivity index (χ1v) is 15.8. The molecule has 0 bridgehead atoms. The third kappa shape index (κ3) is 8.81. The van der Waals surface area contributed by atoms with Gasteiger partial charge in [-0.3, -0.25) is 4.79 Å². The van der Waals surface area contributed by atoms with Crippen LogP contribution in [0.15, 0.2) is 97.1 Å². The maximum Gasteiger partial charge on any atom is 0.326 e. The first kappa shape index (κ1) is 31.1. The molecular weight excluding hydrogens is 542 g/mol. The molecule has 4 aromatic rings. The molecule has 42 heavy (non-hydrogen) atoms. The molecule has 218 valence electrons. The van der Waals surface area contributed by atoms with Gasteiger partial charge in [0.15, 0.2) is 0 Å². The van der Waals surface area contributed by atoms with Gasteiger partial charge in [-0.05, 0) is 95.7 Å². The number of hydrogen-bond acceptors (Lipinski definition) is 4. The average Bonchev–Trinajstić information content (AvgIpc) is 3.00. The van der Waals surface area contributed by atoms with Gasteiger partial charge in [0.25, 0.3) is 5.91 Å². The fourth-order valence-electron chi connectivity index (χ4n) is 5.02. The fourth-order valence-corrected chi connectivity index (χ4v) is 5.50. The summed E-state index contributed by atoms with van der Waals surface area (Å²) in [5.41, 5.74) is 7.65. The minimum atomic E-state index is -1.03. The zero-order valence-corrected chi connectivity index (χ0v) is 25.2. The van der Waals surface area contributed by atoms with Gasteiger partial charge in [0.1, 0.15) is 6.04 Å². The largest absolute Gasteiger partial charge is 0.480 e. The molecule has 0 unspecified atom stereocenters. The molecule has 0 aliphatic rings. The molecule has 0 spiro atoms. The van der Waals surface area contributed by atoms with Crippen molar-refractivity contribution in [2.24, 2.45) is 0 Å². The molecule has 4 rings (SSSR count). The van der Waals surface area contributed by atoms with E-state index in [0.29, 0.717) is 37.4 Å². The van der Waals surface area contributed by atoms with Crippen molar-refractivity contribution in [3.05, 3.63) is 130 Å². The van der Waals surface area contributed by atoms with E-state index in [1.807, 2.05) is 67.8 Å². The van der Waals surface area contributed by atoms with Crippen LogP contribution in [0.1, 0.15) is 51.0 Å². The molecule has 0 aromatic heterocycles. The van der Waals surface area contributed by atoms with Crippen LogP contribution in [0.4, 0.5) is 0 Å². The smallest absolute Gasteiger partial charge is 0.326 e. The van der Waals surface area contributed by atoms with Crippen LogP contribution in [0.3, 0.4) is 0 Å². The highest BCUT2D eigenvalue weighted by Gasteiger charge is 2.24. The minimum absolute atomic E-state index is 0.355. The third-order valence-electron chi connectivity index (χ3n) is 7.33. The van der Waals surface area contributed by atoms with Crippen LogP contribution in [-0.2, 0) is 29.0 Å². The van der Waals surface area contributed by atoms with Gasteiger partial charge in [0, 0.05) is 12.2 Å². The lowest BCUT2D eigenvalue weighted by molar-refractivity contribution is -0.139. The molecular formula is C36H39NO4S. The van der Waals surface area contributed by atoms with Gasteiger partial charge >= 0.3 is 5.97 Å². The first-order valence-electron chi connectivity index (χ1n) is 14.4. The highest BCUT2D eigenvalue weighted by molar-refractivity contribution is 7.98. The normalized spacial score (nSPS) is 11.7. The summed E-state index contributed by atoms with van der Waals surface area (Å²) in [6.07, 6.45) is 4.78. The summed E-state index contributed by atoms with van der Waals surface area (Å²) in [6.45, 7) is 3.06. The zero-order valence-electron chi connectivity index (χ0n) is 24.3. The highest BCUT2D eigenvalue weighted by atomic mass is 32.2. The Balaban J connectivity index is 1.67. The maximum atomic E-state index is 13.8. The second-order valence-corrected chi connectivity index (χ2v) is 11.4. The number of amides is 1. The molecule has 0 heterocycles. The maximum absolute atomic E-state index is 13.8. The Hall–Kier alpha value is -3.87. The van der Waals surface area contributed by atoms with Crippen molar-refractivity contribution in [3.8, 4) is 11.1 Å². The van der Waals surface area contributed by atoms with Crippen molar-refractivity contribution >= 4 is 23.6 Å². The molecule has 5 nitrogen and oxygen atoms in total. The second kappa shape index (κ2) is 15.9. The lowest BCUT2D eigenvalue weighted by atomic mass is 9.89. The number of carboxylic acid groups (broad SMARTS) is 1. The number of aryl methyl sites for hydroxylation is 2. The number of rotatable bonds is 15. The molecule has 0 saturated carbocycles. The van der Waals surface area contributed by atoms with Gasteiger partial charge in [-0.2, -0.15) is 11.8 Å². The van der Waals surface area contributed by atoms with E-state index in [9.17, 15) is 14.7 Å². The summed E-state index contributed by atoms with van der Waals surface area (Å²) < 4.78 is 6.20. The summed E-state index contributed by atoms with van der Waals surface area (Å²) in [4.78, 5) is 25.7. The number of hydrogen-bond donors (Lipinski definition) is 2. The van der Waals surface area contributed by atoms with E-state index in [1.165, 1.54) is 5.56 Å². The van der Waals surface area contributed by atoms with E-state index in [4.69, 9.17) is 4.74 Å². The Kier molecular flexibility index (Phi) is 11.8. The predicted octanol–water partition coefficient (Wildman–Crippen LogP) is 7.34. The Morgan fingerprint density at radius 1 is 0.857 bits per heavy atom. The van der Waals surface area contributed by atoms with Crippen molar-refractivity contribution in [2.75, 3.05) is 18.6 Å². The molecule has 0 aliphatic carbocycles. The van der Waals surface area contributed by atoms with Crippen LogP contribution in [0.2, 0.25) is 0 Å². The van der Waals surface area contributed by atoms with Gasteiger partial charge in [0.2, 0.25) is 0 Å². The lowest BCUT2D eigenvalue weighted by Gasteiger charge is -2.20. The Morgan fingerprint density at radius 3 is 2.19 bits per heavy atom. The van der Waals surface area contributed by atoms with E-state index >= 15 is 0 Å². The molecule has 1 atom stereocenters. The van der Waals surface area contributed by atoms with E-state index in [2.05, 4.69) is 47.8 Å². The van der Waals surface area contributed by atoms with Crippen LogP contribution in [-0.4, -0.2) is 41.6 Å². The summed E-state index contributed by atoms with van der Waals surface area (Å²) in [6, 6.07) is 31.5. The van der Waals surface area contributed by atoms with E-state index in [1.54, 1.807) is 11.8 Å². The van der Waals surface area contributed by atoms with Gasteiger partial charge in [-0.1, -0.05) is 84.9 Å². The Labute approximate surface area is 253 Å². The number of carboxylic acids is 1. The molecule has 0 aliphatic heterocycles. The van der Waals surface area contributed by atoms with E-state index < -0.39 is 12.0 Å². The van der Waals surface area contributed by atoms with E-state index in [0.717, 1.165) is 46.2 Å². The first-order chi connectivity index (χ1) is 20.5. The van der Waals surface area contributed by atoms with Gasteiger partial charge in [0.05, 0.1) is 6.61 Å². The molecule has 0 saturated heterocycles. The summed E-state index contributed by atoms with van der Waals surface area (Å²) in [7, 11) is 0. The van der Waals surface area contributed by atoms with Gasteiger partial charge in [-0.25, -0.2) is 4.79 Å². The molecule has 6 heteroatoms. The minimum Gasteiger partial charge on any atom is -0.480 e. The number of carbonyl (C=O) groups is 2. The fraction of sp³-hybridized carbons (Fsp3) is 0.278. The highest BCUT2D eigenvalue weighted by Crippen LogP contribution is 2.31. The average molecular weight is 582 g/mol. The standard InChI is InChI=1S/C36H39NO4S/c1-26-12-9-10-18-31(26)32-24-30(25-41-20-11-17-27-13-5-3-6-14-27)29(22-28-15-7-4-8-16-28)23-33(32)35(38)37-34(36(39)40)19-21-42-2/h3-10,12-16,18,23-24,34H,11,17,19-22,25H2,1-2H3,(H,37,38)(H,39,40)/t34-/m0/s1. The molecule has 0 fully saturated rings. The summed E-state index contributed by atoms with van der Waals surface area (Å²) >= 11 is 1.56. The van der Waals surface area contributed by atoms with Crippen LogP contribution >= 0.6 is 11.8 Å². The molecule has 2 N–H and O–H groups in total. The second-order valence-electron chi connectivity index (χ2n) is 10.4. The van der Waals surface area contributed by atoms with Crippen LogP contribution in [0.5, 0.6) is 0 Å². The lowest BCUT2D eigenvalue weighted by Crippen LogP contribution is -2.41. The predicted molar refractivity (Wildman–Crippen MR) is 172 cm³/mol. The van der Waals surface area contributed by atoms with Crippen LogP contribution in [0.25, 0.3) is 11.1 Å². The van der Waals surface area contributed by atoms with Crippen molar-refractivity contribution in [1.29, 1.82) is 0 Å². The van der Waals surface area contributed by atoms with Gasteiger partial charge < -0.3 is 15.2 Å². The number of aliphatic carboxylic acids is 1. The number of nitrogens with one attached hydrogen (secondary N) is 1. The summed E-state index contributed by atoms with van der Waals surface area (Å²) in [5.74, 6) is -0.770. The number of carbonyl (C=O) groups excluding carboxylic acids is 1. The topological polar surface area (TPSA) is 75.6 Å². The zero-order chi connectivity index (χ0) is 29.7. The molecule has 4 aromatic carbocycles. The molecule has 0 radical (unpaired) electrons. The van der Waals surface area contributed by atoms with Crippen molar-refractivity contribution < 1.29 is 19.4 Å². The van der Waals surface area contributed by atoms with E-state index in [-0.39, 0.29) is 5.91 Å².